The van der Waals surface area contributed by atoms with Crippen molar-refractivity contribution in [3.05, 3.63) is 59.1 Å². The second-order valence-corrected chi connectivity index (χ2v) is 9.58. The highest BCUT2D eigenvalue weighted by atomic mass is 35.5. The van der Waals surface area contributed by atoms with Crippen molar-refractivity contribution in [3.8, 4) is 0 Å². The third kappa shape index (κ3) is 4.30. The SMILES string of the molecule is O=C(CNN1C(=O)CSC1c1cccc(Cl)c1)Sc1nc2ccccc2s1. The van der Waals surface area contributed by atoms with Gasteiger partial charge in [0.1, 0.15) is 5.37 Å². The van der Waals surface area contributed by atoms with Crippen LogP contribution in [0.15, 0.2) is 52.9 Å². The van der Waals surface area contributed by atoms with Crippen LogP contribution in [0.1, 0.15) is 10.9 Å². The molecule has 2 heterocycles. The number of thioether (sulfide) groups is 2. The van der Waals surface area contributed by atoms with Gasteiger partial charge in [-0.2, -0.15) is 0 Å². The third-order valence-electron chi connectivity index (χ3n) is 3.87. The molecule has 1 aliphatic rings. The number of para-hydroxylation sites is 1. The summed E-state index contributed by atoms with van der Waals surface area (Å²) in [4.78, 5) is 29.0. The predicted molar refractivity (Wildman–Crippen MR) is 112 cm³/mol. The lowest BCUT2D eigenvalue weighted by Crippen LogP contribution is -2.43. The van der Waals surface area contributed by atoms with E-state index in [0.717, 1.165) is 27.5 Å². The lowest BCUT2D eigenvalue weighted by molar-refractivity contribution is -0.131. The van der Waals surface area contributed by atoms with Gasteiger partial charge in [0.15, 0.2) is 4.34 Å². The number of amides is 1. The van der Waals surface area contributed by atoms with Gasteiger partial charge in [-0.1, -0.05) is 35.9 Å². The number of fused-ring (bicyclic) bond motifs is 1. The molecule has 9 heteroatoms. The van der Waals surface area contributed by atoms with E-state index in [9.17, 15) is 9.59 Å². The van der Waals surface area contributed by atoms with Crippen molar-refractivity contribution in [1.29, 1.82) is 0 Å². The first-order valence-electron chi connectivity index (χ1n) is 8.09. The highest BCUT2D eigenvalue weighted by molar-refractivity contribution is 8.15. The third-order valence-corrected chi connectivity index (χ3v) is 7.29. The fourth-order valence-corrected chi connectivity index (χ4v) is 5.89. The Morgan fingerprint density at radius 2 is 2.15 bits per heavy atom. The van der Waals surface area contributed by atoms with Gasteiger partial charge in [-0.3, -0.25) is 14.6 Å². The van der Waals surface area contributed by atoms with E-state index in [1.54, 1.807) is 6.07 Å². The molecule has 1 fully saturated rings. The topological polar surface area (TPSA) is 62.3 Å². The first-order valence-corrected chi connectivity index (χ1v) is 11.1. The maximum atomic E-state index is 12.4. The van der Waals surface area contributed by atoms with Crippen LogP contribution in [0.5, 0.6) is 0 Å². The molecule has 0 bridgehead atoms. The van der Waals surface area contributed by atoms with E-state index in [1.165, 1.54) is 28.1 Å². The molecule has 0 spiro atoms. The zero-order chi connectivity index (χ0) is 18.8. The first-order chi connectivity index (χ1) is 13.1. The van der Waals surface area contributed by atoms with E-state index >= 15 is 0 Å². The molecule has 138 valence electrons. The highest BCUT2D eigenvalue weighted by Crippen LogP contribution is 2.38. The molecule has 4 rings (SSSR count). The number of hydrazine groups is 1. The monoisotopic (exact) mass is 435 g/mol. The number of hydrogen-bond acceptors (Lipinski definition) is 7. The Balaban J connectivity index is 1.40. The quantitative estimate of drug-likeness (QED) is 0.601. The van der Waals surface area contributed by atoms with Crippen molar-refractivity contribution in [2.45, 2.75) is 9.71 Å². The zero-order valence-electron chi connectivity index (χ0n) is 13.9. The van der Waals surface area contributed by atoms with Crippen LogP contribution in [0.4, 0.5) is 0 Å². The molecule has 1 aromatic heterocycles. The van der Waals surface area contributed by atoms with Crippen LogP contribution in [0.3, 0.4) is 0 Å². The number of carbonyl (C=O) groups excluding carboxylic acids is 2. The normalized spacial score (nSPS) is 17.0. The minimum atomic E-state index is -0.198. The molecule has 1 N–H and O–H groups in total. The molecular formula is C18H14ClN3O2S3. The molecule has 1 unspecified atom stereocenters. The number of nitrogens with one attached hydrogen (secondary N) is 1. The molecule has 5 nitrogen and oxygen atoms in total. The van der Waals surface area contributed by atoms with E-state index in [1.807, 2.05) is 42.5 Å². The maximum absolute atomic E-state index is 12.4. The Labute approximate surface area is 173 Å². The minimum absolute atomic E-state index is 0.0456. The van der Waals surface area contributed by atoms with Crippen molar-refractivity contribution in [2.75, 3.05) is 12.3 Å². The molecule has 0 aliphatic carbocycles. The number of aromatic nitrogens is 1. The molecule has 0 saturated carbocycles. The lowest BCUT2D eigenvalue weighted by atomic mass is 10.2. The smallest absolute Gasteiger partial charge is 0.248 e. The standard InChI is InChI=1S/C18H14ClN3O2S3/c19-12-5-3-4-11(8-12)17-22(15(23)10-25-17)20-9-16(24)27-18-21-13-6-1-2-7-14(13)26-18/h1-8,17,20H,9-10H2. The Bertz CT molecular complexity index is 977. The summed E-state index contributed by atoms with van der Waals surface area (Å²) in [5.74, 6) is 0.311. The fraction of sp³-hybridized carbons (Fsp3) is 0.167. The van der Waals surface area contributed by atoms with E-state index in [2.05, 4.69) is 10.4 Å². The van der Waals surface area contributed by atoms with Crippen LogP contribution in [-0.4, -0.2) is 33.3 Å². The summed E-state index contributed by atoms with van der Waals surface area (Å²) in [6.07, 6.45) is 0. The van der Waals surface area contributed by atoms with Crippen LogP contribution in [0, 0.1) is 0 Å². The zero-order valence-corrected chi connectivity index (χ0v) is 17.1. The molecule has 3 aromatic rings. The van der Waals surface area contributed by atoms with Gasteiger partial charge in [-0.05, 0) is 41.6 Å². The van der Waals surface area contributed by atoms with E-state index in [4.69, 9.17) is 11.6 Å². The van der Waals surface area contributed by atoms with Crippen molar-refractivity contribution >= 4 is 67.7 Å². The Morgan fingerprint density at radius 1 is 1.30 bits per heavy atom. The molecule has 0 radical (unpaired) electrons. The number of halogens is 1. The van der Waals surface area contributed by atoms with Crippen LogP contribution >= 0.6 is 46.5 Å². The molecule has 2 aromatic carbocycles. The average Bonchev–Trinajstić information content (AvgIpc) is 3.22. The Kier molecular flexibility index (Phi) is 5.70. The molecule has 27 heavy (non-hydrogen) atoms. The maximum Gasteiger partial charge on any atom is 0.248 e. The summed E-state index contributed by atoms with van der Waals surface area (Å²) in [5, 5.41) is 1.85. The lowest BCUT2D eigenvalue weighted by Gasteiger charge is -2.24. The average molecular weight is 436 g/mol. The van der Waals surface area contributed by atoms with Gasteiger partial charge >= 0.3 is 0 Å². The van der Waals surface area contributed by atoms with Crippen molar-refractivity contribution in [3.63, 3.8) is 0 Å². The van der Waals surface area contributed by atoms with Gasteiger partial charge in [-0.15, -0.1) is 23.1 Å². The highest BCUT2D eigenvalue weighted by Gasteiger charge is 2.33. The van der Waals surface area contributed by atoms with Crippen molar-refractivity contribution < 1.29 is 9.59 Å². The largest absolute Gasteiger partial charge is 0.285 e. The predicted octanol–water partition coefficient (Wildman–Crippen LogP) is 4.35. The summed E-state index contributed by atoms with van der Waals surface area (Å²) in [6, 6.07) is 15.2. The first kappa shape index (κ1) is 18.8. The molecule has 1 atom stereocenters. The van der Waals surface area contributed by atoms with Gasteiger partial charge < -0.3 is 0 Å². The summed E-state index contributed by atoms with van der Waals surface area (Å²) in [7, 11) is 0. The summed E-state index contributed by atoms with van der Waals surface area (Å²) < 4.78 is 1.75. The summed E-state index contributed by atoms with van der Waals surface area (Å²) in [5.41, 5.74) is 4.79. The number of hydrogen-bond donors (Lipinski definition) is 1. The van der Waals surface area contributed by atoms with E-state index < -0.39 is 0 Å². The second-order valence-electron chi connectivity index (χ2n) is 5.74. The number of thiazole rings is 1. The van der Waals surface area contributed by atoms with Crippen molar-refractivity contribution in [1.82, 2.24) is 15.4 Å². The van der Waals surface area contributed by atoms with Crippen LogP contribution in [0.2, 0.25) is 5.02 Å². The van der Waals surface area contributed by atoms with Crippen LogP contribution in [0.25, 0.3) is 10.2 Å². The van der Waals surface area contributed by atoms with Gasteiger partial charge in [0.25, 0.3) is 0 Å². The minimum Gasteiger partial charge on any atom is -0.285 e. The van der Waals surface area contributed by atoms with Gasteiger partial charge in [0, 0.05) is 5.02 Å². The number of rotatable bonds is 5. The van der Waals surface area contributed by atoms with Crippen molar-refractivity contribution in [2.24, 2.45) is 0 Å². The van der Waals surface area contributed by atoms with Crippen LogP contribution < -0.4 is 5.43 Å². The van der Waals surface area contributed by atoms with Gasteiger partial charge in [-0.25, -0.2) is 10.4 Å². The number of carbonyl (C=O) groups is 2. The van der Waals surface area contributed by atoms with E-state index in [-0.39, 0.29) is 22.9 Å². The molecule has 1 amide bonds. The second kappa shape index (κ2) is 8.20. The fourth-order valence-electron chi connectivity index (χ4n) is 2.68. The Hall–Kier alpha value is -1.58. The summed E-state index contributed by atoms with van der Waals surface area (Å²) >= 11 is 10.1. The van der Waals surface area contributed by atoms with Crippen LogP contribution in [-0.2, 0) is 9.59 Å². The molecule has 1 saturated heterocycles. The number of nitrogens with zero attached hydrogens (tertiary/aromatic N) is 2. The Morgan fingerprint density at radius 3 is 2.96 bits per heavy atom. The van der Waals surface area contributed by atoms with Gasteiger partial charge in [0.2, 0.25) is 11.0 Å². The summed E-state index contributed by atoms with van der Waals surface area (Å²) in [6.45, 7) is 0.0456. The molecule has 1 aliphatic heterocycles. The van der Waals surface area contributed by atoms with Gasteiger partial charge in [0.05, 0.1) is 22.5 Å². The number of benzene rings is 2. The van der Waals surface area contributed by atoms with E-state index in [0.29, 0.717) is 15.1 Å². The molecular weight excluding hydrogens is 422 g/mol.